The second kappa shape index (κ2) is 6.39. The minimum Gasteiger partial charge on any atom is -0.465 e. The van der Waals surface area contributed by atoms with E-state index in [2.05, 4.69) is 10.3 Å². The van der Waals surface area contributed by atoms with E-state index in [0.717, 1.165) is 21.6 Å². The molecule has 3 aromatic rings. The van der Waals surface area contributed by atoms with Crippen molar-refractivity contribution in [1.82, 2.24) is 4.98 Å². The molecule has 0 radical (unpaired) electrons. The van der Waals surface area contributed by atoms with Crippen LogP contribution in [0.3, 0.4) is 0 Å². The SMILES string of the molecule is COC(=O)c1sc(NC(=O)c2ccc3ncsc3c2)c(C#N)c1C. The van der Waals surface area contributed by atoms with Gasteiger partial charge in [-0.15, -0.1) is 22.7 Å². The summed E-state index contributed by atoms with van der Waals surface area (Å²) in [5, 5.41) is 12.4. The number of hydrogen-bond acceptors (Lipinski definition) is 7. The first kappa shape index (κ1) is 16.1. The van der Waals surface area contributed by atoms with Crippen molar-refractivity contribution in [2.75, 3.05) is 12.4 Å². The number of thiazole rings is 1. The molecular weight excluding hydrogens is 346 g/mol. The second-order valence-electron chi connectivity index (χ2n) is 4.85. The van der Waals surface area contributed by atoms with Crippen molar-refractivity contribution >= 4 is 49.8 Å². The molecule has 0 aliphatic rings. The van der Waals surface area contributed by atoms with Crippen molar-refractivity contribution < 1.29 is 14.3 Å². The molecule has 0 spiro atoms. The van der Waals surface area contributed by atoms with Gasteiger partial charge in [0.25, 0.3) is 5.91 Å². The summed E-state index contributed by atoms with van der Waals surface area (Å²) in [6.07, 6.45) is 0. The molecule has 0 saturated heterocycles. The second-order valence-corrected chi connectivity index (χ2v) is 6.76. The number of rotatable bonds is 3. The molecule has 1 N–H and O–H groups in total. The Balaban J connectivity index is 1.94. The molecule has 120 valence electrons. The first-order valence-corrected chi connectivity index (χ1v) is 8.51. The van der Waals surface area contributed by atoms with E-state index in [4.69, 9.17) is 4.74 Å². The summed E-state index contributed by atoms with van der Waals surface area (Å²) in [5.41, 5.74) is 3.77. The number of nitrogens with zero attached hydrogens (tertiary/aromatic N) is 2. The summed E-state index contributed by atoms with van der Waals surface area (Å²) < 4.78 is 5.61. The third-order valence-electron chi connectivity index (χ3n) is 3.45. The van der Waals surface area contributed by atoms with Gasteiger partial charge < -0.3 is 10.1 Å². The summed E-state index contributed by atoms with van der Waals surface area (Å²) in [4.78, 5) is 28.7. The predicted octanol–water partition coefficient (Wildman–Crippen LogP) is 3.58. The molecule has 2 heterocycles. The van der Waals surface area contributed by atoms with Gasteiger partial charge >= 0.3 is 5.97 Å². The summed E-state index contributed by atoms with van der Waals surface area (Å²) in [7, 11) is 1.27. The van der Waals surface area contributed by atoms with Crippen molar-refractivity contribution in [3.63, 3.8) is 0 Å². The van der Waals surface area contributed by atoms with E-state index in [-0.39, 0.29) is 11.5 Å². The van der Waals surface area contributed by atoms with Gasteiger partial charge in [0.05, 0.1) is 28.4 Å². The number of nitriles is 1. The maximum absolute atomic E-state index is 12.5. The molecule has 24 heavy (non-hydrogen) atoms. The van der Waals surface area contributed by atoms with E-state index in [9.17, 15) is 14.9 Å². The van der Waals surface area contributed by atoms with Crippen molar-refractivity contribution in [2.24, 2.45) is 0 Å². The average molecular weight is 357 g/mol. The molecule has 1 aromatic carbocycles. The lowest BCUT2D eigenvalue weighted by Crippen LogP contribution is -2.11. The summed E-state index contributed by atoms with van der Waals surface area (Å²) >= 11 is 2.48. The van der Waals surface area contributed by atoms with Gasteiger partial charge in [0.15, 0.2) is 0 Å². The Morgan fingerprint density at radius 2 is 2.17 bits per heavy atom. The Morgan fingerprint density at radius 1 is 1.38 bits per heavy atom. The number of ether oxygens (including phenoxy) is 1. The molecule has 0 bridgehead atoms. The van der Waals surface area contributed by atoms with Crippen LogP contribution in [0.25, 0.3) is 10.2 Å². The first-order chi connectivity index (χ1) is 11.5. The average Bonchev–Trinajstić information content (AvgIpc) is 3.17. The quantitative estimate of drug-likeness (QED) is 0.723. The van der Waals surface area contributed by atoms with Crippen LogP contribution < -0.4 is 5.32 Å². The normalized spacial score (nSPS) is 10.4. The number of methoxy groups -OCH3 is 1. The van der Waals surface area contributed by atoms with Crippen LogP contribution in [-0.2, 0) is 4.74 Å². The Bertz CT molecular complexity index is 998. The zero-order chi connectivity index (χ0) is 17.3. The summed E-state index contributed by atoms with van der Waals surface area (Å²) in [6.45, 7) is 1.65. The number of nitrogens with one attached hydrogen (secondary N) is 1. The van der Waals surface area contributed by atoms with Gasteiger partial charge in [0.1, 0.15) is 15.9 Å². The molecular formula is C16H11N3O3S2. The van der Waals surface area contributed by atoms with Crippen LogP contribution in [0.15, 0.2) is 23.7 Å². The Hall–Kier alpha value is -2.76. The Labute approximate surface area is 145 Å². The van der Waals surface area contributed by atoms with Crippen molar-refractivity contribution in [2.45, 2.75) is 6.92 Å². The lowest BCUT2D eigenvalue weighted by molar-refractivity contribution is 0.0605. The van der Waals surface area contributed by atoms with E-state index in [1.54, 1.807) is 30.6 Å². The highest BCUT2D eigenvalue weighted by Crippen LogP contribution is 2.33. The third kappa shape index (κ3) is 2.75. The topological polar surface area (TPSA) is 92.1 Å². The summed E-state index contributed by atoms with van der Waals surface area (Å²) in [5.74, 6) is -0.875. The van der Waals surface area contributed by atoms with E-state index in [0.29, 0.717) is 21.0 Å². The molecule has 0 atom stereocenters. The largest absolute Gasteiger partial charge is 0.465 e. The lowest BCUT2D eigenvalue weighted by Gasteiger charge is -2.03. The van der Waals surface area contributed by atoms with E-state index in [1.165, 1.54) is 18.4 Å². The van der Waals surface area contributed by atoms with Gasteiger partial charge in [-0.2, -0.15) is 5.26 Å². The molecule has 8 heteroatoms. The van der Waals surface area contributed by atoms with Gasteiger partial charge in [0, 0.05) is 5.56 Å². The molecule has 1 amide bonds. The van der Waals surface area contributed by atoms with Crippen LogP contribution >= 0.6 is 22.7 Å². The summed E-state index contributed by atoms with van der Waals surface area (Å²) in [6, 6.07) is 7.21. The van der Waals surface area contributed by atoms with E-state index >= 15 is 0 Å². The molecule has 3 rings (SSSR count). The van der Waals surface area contributed by atoms with Crippen molar-refractivity contribution in [3.8, 4) is 6.07 Å². The molecule has 2 aromatic heterocycles. The predicted molar refractivity (Wildman–Crippen MR) is 92.7 cm³/mol. The number of esters is 1. The number of thiophene rings is 1. The fourth-order valence-corrected chi connectivity index (χ4v) is 3.98. The highest BCUT2D eigenvalue weighted by Gasteiger charge is 2.22. The maximum Gasteiger partial charge on any atom is 0.348 e. The lowest BCUT2D eigenvalue weighted by atomic mass is 10.1. The number of carbonyl (C=O) groups excluding carboxylic acids is 2. The van der Waals surface area contributed by atoms with Gasteiger partial charge in [0.2, 0.25) is 0 Å². The number of fused-ring (bicyclic) bond motifs is 1. The minimum absolute atomic E-state index is 0.271. The van der Waals surface area contributed by atoms with Crippen molar-refractivity contribution in [1.29, 1.82) is 5.26 Å². The first-order valence-electron chi connectivity index (χ1n) is 6.81. The van der Waals surface area contributed by atoms with Crippen LogP contribution in [0.4, 0.5) is 5.00 Å². The van der Waals surface area contributed by atoms with Crippen LogP contribution in [-0.4, -0.2) is 24.0 Å². The molecule has 0 saturated carbocycles. The van der Waals surface area contributed by atoms with Crippen LogP contribution in [0.1, 0.15) is 31.2 Å². The molecule has 0 fully saturated rings. The number of benzene rings is 1. The van der Waals surface area contributed by atoms with Crippen LogP contribution in [0, 0.1) is 18.3 Å². The van der Waals surface area contributed by atoms with Gasteiger partial charge in [-0.3, -0.25) is 4.79 Å². The minimum atomic E-state index is -0.527. The Kier molecular flexibility index (Phi) is 4.29. The van der Waals surface area contributed by atoms with Crippen LogP contribution in [0.2, 0.25) is 0 Å². The van der Waals surface area contributed by atoms with Crippen LogP contribution in [0.5, 0.6) is 0 Å². The van der Waals surface area contributed by atoms with Gasteiger partial charge in [-0.25, -0.2) is 9.78 Å². The van der Waals surface area contributed by atoms with Gasteiger partial charge in [-0.1, -0.05) is 0 Å². The maximum atomic E-state index is 12.5. The number of hydrogen-bond donors (Lipinski definition) is 1. The number of anilines is 1. The number of carbonyl (C=O) groups is 2. The zero-order valence-electron chi connectivity index (χ0n) is 12.7. The number of aromatic nitrogens is 1. The fraction of sp³-hybridized carbons (Fsp3) is 0.125. The molecule has 0 aliphatic heterocycles. The smallest absolute Gasteiger partial charge is 0.348 e. The van der Waals surface area contributed by atoms with Crippen molar-refractivity contribution in [3.05, 3.63) is 45.3 Å². The molecule has 6 nitrogen and oxygen atoms in total. The highest BCUT2D eigenvalue weighted by atomic mass is 32.1. The number of amides is 1. The van der Waals surface area contributed by atoms with E-state index < -0.39 is 5.97 Å². The third-order valence-corrected chi connectivity index (χ3v) is 5.43. The monoisotopic (exact) mass is 357 g/mol. The molecule has 0 aliphatic carbocycles. The zero-order valence-corrected chi connectivity index (χ0v) is 14.4. The Morgan fingerprint density at radius 3 is 2.88 bits per heavy atom. The molecule has 0 unspecified atom stereocenters. The standard InChI is InChI=1S/C16H11N3O3S2/c1-8-10(6-17)15(24-13(8)16(21)22-2)19-14(20)9-3-4-11-12(5-9)23-7-18-11/h3-5,7H,1-2H3,(H,19,20). The highest BCUT2D eigenvalue weighted by molar-refractivity contribution is 7.18. The van der Waals surface area contributed by atoms with Gasteiger partial charge in [-0.05, 0) is 30.7 Å². The fourth-order valence-electron chi connectivity index (χ4n) is 2.20. The van der Waals surface area contributed by atoms with E-state index in [1.807, 2.05) is 6.07 Å².